The molecule has 176 valence electrons. The maximum atomic E-state index is 7.17. The number of hydrogen-bond donors (Lipinski definition) is 2. The standard InChI is InChI=1S/C32H38N2/c1-30(2,3)27-19-13-18-24(28(27)31(4,5)6)26-21-32(34,23-16-11-8-12-17-23)20-25(29(26)33)22-14-9-7-10-15-22/h7-21,29H,33-34H2,1-6H3. The first-order chi connectivity index (χ1) is 15.9. The van der Waals surface area contributed by atoms with Crippen molar-refractivity contribution in [3.05, 3.63) is 119 Å². The van der Waals surface area contributed by atoms with Gasteiger partial charge in [-0.3, -0.25) is 0 Å². The van der Waals surface area contributed by atoms with Crippen LogP contribution in [0.2, 0.25) is 0 Å². The van der Waals surface area contributed by atoms with E-state index in [2.05, 4.69) is 108 Å². The summed E-state index contributed by atoms with van der Waals surface area (Å²) in [5.74, 6) is 0. The summed E-state index contributed by atoms with van der Waals surface area (Å²) in [6.07, 6.45) is 4.34. The maximum absolute atomic E-state index is 7.17. The summed E-state index contributed by atoms with van der Waals surface area (Å²) in [6, 6.07) is 27.1. The topological polar surface area (TPSA) is 52.0 Å². The Bertz CT molecular complexity index is 1220. The van der Waals surface area contributed by atoms with Crippen LogP contribution in [0.15, 0.2) is 91.0 Å². The summed E-state index contributed by atoms with van der Waals surface area (Å²) in [7, 11) is 0. The third kappa shape index (κ3) is 4.53. The Morgan fingerprint density at radius 2 is 1.21 bits per heavy atom. The van der Waals surface area contributed by atoms with Crippen LogP contribution in [0.4, 0.5) is 0 Å². The number of hydrogen-bond acceptors (Lipinski definition) is 2. The molecule has 1 aliphatic rings. The quantitative estimate of drug-likeness (QED) is 0.454. The smallest absolute Gasteiger partial charge is 0.0795 e. The predicted octanol–water partition coefficient (Wildman–Crippen LogP) is 6.94. The molecule has 0 radical (unpaired) electrons. The molecule has 0 spiro atoms. The Morgan fingerprint density at radius 3 is 1.76 bits per heavy atom. The van der Waals surface area contributed by atoms with Gasteiger partial charge in [-0.25, -0.2) is 0 Å². The monoisotopic (exact) mass is 450 g/mol. The molecule has 34 heavy (non-hydrogen) atoms. The van der Waals surface area contributed by atoms with Gasteiger partial charge in [0.2, 0.25) is 0 Å². The molecule has 2 unspecified atom stereocenters. The molecule has 1 aliphatic carbocycles. The molecule has 2 heteroatoms. The van der Waals surface area contributed by atoms with E-state index in [0.717, 1.165) is 22.3 Å². The normalized spacial score (nSPS) is 21.1. The molecule has 4 rings (SSSR count). The minimum Gasteiger partial charge on any atom is -0.320 e. The van der Waals surface area contributed by atoms with Crippen LogP contribution < -0.4 is 11.5 Å². The van der Waals surface area contributed by atoms with Gasteiger partial charge in [0.25, 0.3) is 0 Å². The third-order valence-corrected chi connectivity index (χ3v) is 6.77. The molecule has 0 aromatic heterocycles. The molecule has 0 heterocycles. The van der Waals surface area contributed by atoms with E-state index in [1.165, 1.54) is 16.7 Å². The van der Waals surface area contributed by atoms with Crippen molar-refractivity contribution in [1.82, 2.24) is 0 Å². The number of rotatable bonds is 3. The Morgan fingerprint density at radius 1 is 0.647 bits per heavy atom. The summed E-state index contributed by atoms with van der Waals surface area (Å²) in [6.45, 7) is 13.7. The summed E-state index contributed by atoms with van der Waals surface area (Å²) in [5.41, 5.74) is 21.6. The Kier molecular flexibility index (Phi) is 6.18. The highest BCUT2D eigenvalue weighted by Crippen LogP contribution is 2.44. The first-order valence-electron chi connectivity index (χ1n) is 12.2. The molecule has 0 saturated heterocycles. The van der Waals surface area contributed by atoms with Crippen LogP contribution >= 0.6 is 0 Å². The second-order valence-corrected chi connectivity index (χ2v) is 11.6. The van der Waals surface area contributed by atoms with Crippen LogP contribution in [-0.4, -0.2) is 6.04 Å². The van der Waals surface area contributed by atoms with E-state index in [9.17, 15) is 0 Å². The van der Waals surface area contributed by atoms with Crippen molar-refractivity contribution < 1.29 is 0 Å². The van der Waals surface area contributed by atoms with Gasteiger partial charge < -0.3 is 11.5 Å². The maximum Gasteiger partial charge on any atom is 0.0795 e. The van der Waals surface area contributed by atoms with Gasteiger partial charge in [0.05, 0.1) is 11.6 Å². The van der Waals surface area contributed by atoms with Crippen molar-refractivity contribution in [2.75, 3.05) is 0 Å². The molecule has 2 atom stereocenters. The third-order valence-electron chi connectivity index (χ3n) is 6.77. The van der Waals surface area contributed by atoms with Crippen molar-refractivity contribution >= 4 is 11.1 Å². The van der Waals surface area contributed by atoms with Gasteiger partial charge in [0.15, 0.2) is 0 Å². The fourth-order valence-corrected chi connectivity index (χ4v) is 5.16. The summed E-state index contributed by atoms with van der Waals surface area (Å²) >= 11 is 0. The molecule has 0 amide bonds. The zero-order chi connectivity index (χ0) is 24.7. The van der Waals surface area contributed by atoms with Gasteiger partial charge in [-0.15, -0.1) is 0 Å². The van der Waals surface area contributed by atoms with E-state index >= 15 is 0 Å². The van der Waals surface area contributed by atoms with E-state index in [0.29, 0.717) is 0 Å². The Hall–Kier alpha value is -2.94. The average molecular weight is 451 g/mol. The minimum atomic E-state index is -0.759. The second kappa shape index (κ2) is 8.69. The number of nitrogens with two attached hydrogens (primary N) is 2. The Balaban J connectivity index is 2.02. The van der Waals surface area contributed by atoms with Crippen LogP contribution in [0.1, 0.15) is 69.4 Å². The molecule has 0 saturated carbocycles. The van der Waals surface area contributed by atoms with E-state index in [4.69, 9.17) is 11.5 Å². The summed E-state index contributed by atoms with van der Waals surface area (Å²) in [5, 5.41) is 0. The van der Waals surface area contributed by atoms with Crippen molar-refractivity contribution in [3.8, 4) is 0 Å². The lowest BCUT2D eigenvalue weighted by Crippen LogP contribution is -2.40. The van der Waals surface area contributed by atoms with Gasteiger partial charge in [-0.05, 0) is 49.8 Å². The molecule has 0 fully saturated rings. The first kappa shape index (κ1) is 24.2. The van der Waals surface area contributed by atoms with E-state index < -0.39 is 5.54 Å². The molecule has 0 bridgehead atoms. The van der Waals surface area contributed by atoms with Crippen molar-refractivity contribution in [1.29, 1.82) is 0 Å². The fraction of sp³-hybridized carbons (Fsp3) is 0.312. The van der Waals surface area contributed by atoms with Crippen LogP contribution in [0.5, 0.6) is 0 Å². The zero-order valence-electron chi connectivity index (χ0n) is 21.4. The van der Waals surface area contributed by atoms with Crippen molar-refractivity contribution in [2.45, 2.75) is 64.0 Å². The molecule has 3 aromatic carbocycles. The van der Waals surface area contributed by atoms with E-state index in [1.54, 1.807) is 0 Å². The molecule has 4 N–H and O–H groups in total. The van der Waals surface area contributed by atoms with Crippen molar-refractivity contribution in [2.24, 2.45) is 11.5 Å². The van der Waals surface area contributed by atoms with Crippen LogP contribution in [0, 0.1) is 0 Å². The largest absolute Gasteiger partial charge is 0.320 e. The minimum absolute atomic E-state index is 0.00920. The molecular formula is C32H38N2. The molecular weight excluding hydrogens is 412 g/mol. The SMILES string of the molecule is CC(C)(C)c1cccc(C2=CC(N)(c3ccccc3)C=C(c3ccccc3)C2N)c1C(C)(C)C. The number of benzene rings is 3. The average Bonchev–Trinajstić information content (AvgIpc) is 2.80. The molecule has 2 nitrogen and oxygen atoms in total. The zero-order valence-corrected chi connectivity index (χ0v) is 21.4. The van der Waals surface area contributed by atoms with E-state index in [1.807, 2.05) is 24.3 Å². The lowest BCUT2D eigenvalue weighted by molar-refractivity contribution is 0.528. The van der Waals surface area contributed by atoms with E-state index in [-0.39, 0.29) is 16.9 Å². The highest BCUT2D eigenvalue weighted by molar-refractivity contribution is 5.91. The van der Waals surface area contributed by atoms with Crippen LogP contribution in [0.3, 0.4) is 0 Å². The summed E-state index contributed by atoms with van der Waals surface area (Å²) < 4.78 is 0. The highest BCUT2D eigenvalue weighted by atomic mass is 14.8. The Labute approximate surface area is 205 Å². The lowest BCUT2D eigenvalue weighted by Gasteiger charge is -2.38. The van der Waals surface area contributed by atoms with Crippen LogP contribution in [-0.2, 0) is 16.4 Å². The lowest BCUT2D eigenvalue weighted by atomic mass is 9.69. The van der Waals surface area contributed by atoms with Gasteiger partial charge in [-0.1, -0.05) is 133 Å². The highest BCUT2D eigenvalue weighted by Gasteiger charge is 2.36. The van der Waals surface area contributed by atoms with Gasteiger partial charge in [-0.2, -0.15) is 0 Å². The van der Waals surface area contributed by atoms with Crippen LogP contribution in [0.25, 0.3) is 11.1 Å². The van der Waals surface area contributed by atoms with Gasteiger partial charge in [0, 0.05) is 0 Å². The molecule has 0 aliphatic heterocycles. The van der Waals surface area contributed by atoms with Crippen molar-refractivity contribution in [3.63, 3.8) is 0 Å². The summed E-state index contributed by atoms with van der Waals surface area (Å²) in [4.78, 5) is 0. The second-order valence-electron chi connectivity index (χ2n) is 11.6. The van der Waals surface area contributed by atoms with Gasteiger partial charge >= 0.3 is 0 Å². The molecule has 3 aromatic rings. The first-order valence-corrected chi connectivity index (χ1v) is 12.2. The predicted molar refractivity (Wildman–Crippen MR) is 147 cm³/mol. The fourth-order valence-electron chi connectivity index (χ4n) is 5.16. The van der Waals surface area contributed by atoms with Gasteiger partial charge in [0.1, 0.15) is 0 Å².